The number of halogens is 2. The molecule has 1 atom stereocenters. The van der Waals surface area contributed by atoms with Crippen molar-refractivity contribution in [3.8, 4) is 5.75 Å². The molecule has 0 bridgehead atoms. The summed E-state index contributed by atoms with van der Waals surface area (Å²) in [4.78, 5) is 11.8. The summed E-state index contributed by atoms with van der Waals surface area (Å²) >= 11 is 11.8. The molecule has 0 spiro atoms. The average Bonchev–Trinajstić information content (AvgIpc) is 2.54. The Morgan fingerprint density at radius 3 is 2.59 bits per heavy atom. The largest absolute Gasteiger partial charge is 0.489 e. The molecule has 6 heteroatoms. The Balaban J connectivity index is 1.80. The predicted octanol–water partition coefficient (Wildman–Crippen LogP) is 3.16. The first kappa shape index (κ1) is 16.6. The van der Waals surface area contributed by atoms with Gasteiger partial charge in [-0.3, -0.25) is 4.79 Å². The highest BCUT2D eigenvalue weighted by atomic mass is 35.5. The highest BCUT2D eigenvalue weighted by Crippen LogP contribution is 2.31. The molecule has 1 amide bonds. The number of carbonyl (C=O) groups is 1. The van der Waals surface area contributed by atoms with E-state index in [4.69, 9.17) is 27.9 Å². The Morgan fingerprint density at radius 1 is 1.14 bits per heavy atom. The lowest BCUT2D eigenvalue weighted by Gasteiger charge is -2.14. The van der Waals surface area contributed by atoms with Crippen LogP contribution in [0.15, 0.2) is 48.5 Å². The zero-order valence-corrected chi connectivity index (χ0v) is 13.1. The quantitative estimate of drug-likeness (QED) is 0.849. The lowest BCUT2D eigenvalue weighted by Crippen LogP contribution is -2.35. The van der Waals surface area contributed by atoms with Crippen molar-refractivity contribution < 1.29 is 14.6 Å². The summed E-state index contributed by atoms with van der Waals surface area (Å²) in [6, 6.07) is 13.8. The van der Waals surface area contributed by atoms with Gasteiger partial charge in [-0.1, -0.05) is 47.5 Å². The molecule has 22 heavy (non-hydrogen) atoms. The second-order valence-electron chi connectivity index (χ2n) is 4.59. The van der Waals surface area contributed by atoms with Gasteiger partial charge in [-0.05, 0) is 24.3 Å². The third-order valence-corrected chi connectivity index (χ3v) is 3.68. The maximum atomic E-state index is 11.8. The third-order valence-electron chi connectivity index (χ3n) is 2.88. The third kappa shape index (κ3) is 4.63. The molecule has 0 fully saturated rings. The van der Waals surface area contributed by atoms with Crippen LogP contribution in [0.4, 0.5) is 0 Å². The average molecular weight is 340 g/mol. The Labute approximate surface area is 138 Å². The molecule has 0 heterocycles. The molecule has 2 N–H and O–H groups in total. The van der Waals surface area contributed by atoms with Gasteiger partial charge in [-0.15, -0.1) is 0 Å². The second-order valence-corrected chi connectivity index (χ2v) is 5.38. The zero-order valence-electron chi connectivity index (χ0n) is 11.6. The minimum absolute atomic E-state index is 0.00483. The summed E-state index contributed by atoms with van der Waals surface area (Å²) in [6.07, 6.45) is -0.859. The molecule has 4 nitrogen and oxygen atoms in total. The van der Waals surface area contributed by atoms with Crippen LogP contribution in [-0.2, 0) is 0 Å². The van der Waals surface area contributed by atoms with Crippen molar-refractivity contribution in [3.05, 3.63) is 64.1 Å². The number of hydrogen-bond acceptors (Lipinski definition) is 3. The van der Waals surface area contributed by atoms with Crippen LogP contribution in [0.3, 0.4) is 0 Å². The van der Waals surface area contributed by atoms with Gasteiger partial charge in [0.25, 0.3) is 5.91 Å². The van der Waals surface area contributed by atoms with Crippen LogP contribution in [0.5, 0.6) is 5.75 Å². The van der Waals surface area contributed by atoms with Crippen molar-refractivity contribution >= 4 is 29.1 Å². The second kappa shape index (κ2) is 8.03. The normalized spacial score (nSPS) is 11.8. The predicted molar refractivity (Wildman–Crippen MR) is 86.7 cm³/mol. The fourth-order valence-electron chi connectivity index (χ4n) is 1.74. The Bertz CT molecular complexity index is 635. The van der Waals surface area contributed by atoms with Crippen molar-refractivity contribution in [1.29, 1.82) is 0 Å². The van der Waals surface area contributed by atoms with E-state index in [1.165, 1.54) is 0 Å². The minimum Gasteiger partial charge on any atom is -0.489 e. The fraction of sp³-hybridized carbons (Fsp3) is 0.188. The molecule has 0 aliphatic heterocycles. The summed E-state index contributed by atoms with van der Waals surface area (Å²) in [7, 11) is 0. The van der Waals surface area contributed by atoms with E-state index in [9.17, 15) is 9.90 Å². The van der Waals surface area contributed by atoms with E-state index < -0.39 is 6.10 Å². The van der Waals surface area contributed by atoms with Crippen molar-refractivity contribution in [1.82, 2.24) is 5.32 Å². The van der Waals surface area contributed by atoms with Gasteiger partial charge >= 0.3 is 0 Å². The number of aliphatic hydroxyl groups is 1. The van der Waals surface area contributed by atoms with E-state index in [1.54, 1.807) is 42.5 Å². The maximum Gasteiger partial charge on any atom is 0.251 e. The Kier molecular flexibility index (Phi) is 6.07. The van der Waals surface area contributed by atoms with E-state index in [0.29, 0.717) is 21.4 Å². The van der Waals surface area contributed by atoms with Crippen LogP contribution in [0, 0.1) is 0 Å². The topological polar surface area (TPSA) is 58.6 Å². The van der Waals surface area contributed by atoms with Gasteiger partial charge in [0.15, 0.2) is 0 Å². The smallest absolute Gasteiger partial charge is 0.251 e. The van der Waals surface area contributed by atoms with Crippen molar-refractivity contribution in [3.63, 3.8) is 0 Å². The van der Waals surface area contributed by atoms with Crippen molar-refractivity contribution in [2.75, 3.05) is 13.2 Å². The zero-order chi connectivity index (χ0) is 15.9. The number of carbonyl (C=O) groups excluding carboxylic acids is 1. The first-order valence-electron chi connectivity index (χ1n) is 6.66. The molecular formula is C16H15Cl2NO3. The van der Waals surface area contributed by atoms with Gasteiger partial charge in [0, 0.05) is 12.1 Å². The van der Waals surface area contributed by atoms with Gasteiger partial charge in [-0.2, -0.15) is 0 Å². The van der Waals surface area contributed by atoms with Gasteiger partial charge in [0.05, 0.1) is 5.02 Å². The Hall–Kier alpha value is -1.75. The monoisotopic (exact) mass is 339 g/mol. The van der Waals surface area contributed by atoms with E-state index in [0.717, 1.165) is 0 Å². The summed E-state index contributed by atoms with van der Waals surface area (Å²) in [5, 5.41) is 13.2. The number of rotatable bonds is 6. The molecule has 0 aliphatic carbocycles. The summed E-state index contributed by atoms with van der Waals surface area (Å²) in [5.41, 5.74) is 0.536. The maximum absolute atomic E-state index is 11.8. The Morgan fingerprint density at radius 2 is 1.86 bits per heavy atom. The number of aliphatic hydroxyl groups excluding tert-OH is 1. The van der Waals surface area contributed by atoms with Gasteiger partial charge in [0.1, 0.15) is 23.5 Å². The van der Waals surface area contributed by atoms with E-state index in [-0.39, 0.29) is 19.1 Å². The number of amides is 1. The molecule has 2 rings (SSSR count). The van der Waals surface area contributed by atoms with Gasteiger partial charge in [0.2, 0.25) is 0 Å². The lowest BCUT2D eigenvalue weighted by molar-refractivity contribution is 0.0844. The lowest BCUT2D eigenvalue weighted by atomic mass is 10.2. The number of ether oxygens (including phenoxy) is 1. The van der Waals surface area contributed by atoms with E-state index in [2.05, 4.69) is 5.32 Å². The van der Waals surface area contributed by atoms with Crippen LogP contribution >= 0.6 is 23.2 Å². The van der Waals surface area contributed by atoms with Crippen LogP contribution in [-0.4, -0.2) is 30.3 Å². The van der Waals surface area contributed by atoms with E-state index >= 15 is 0 Å². The SMILES string of the molecule is O=C(NC[C@@H](O)COc1cccc(Cl)c1Cl)c1ccccc1. The summed E-state index contributed by atoms with van der Waals surface area (Å²) in [5.74, 6) is 0.142. The summed E-state index contributed by atoms with van der Waals surface area (Å²) in [6.45, 7) is 0.0705. The molecular weight excluding hydrogens is 325 g/mol. The van der Waals surface area contributed by atoms with Crippen LogP contribution in [0.2, 0.25) is 10.0 Å². The number of hydrogen-bond donors (Lipinski definition) is 2. The fourth-order valence-corrected chi connectivity index (χ4v) is 2.09. The molecule has 0 saturated heterocycles. The highest BCUT2D eigenvalue weighted by Gasteiger charge is 2.11. The highest BCUT2D eigenvalue weighted by molar-refractivity contribution is 6.42. The molecule has 0 radical (unpaired) electrons. The molecule has 0 aliphatic rings. The molecule has 0 unspecified atom stereocenters. The molecule has 116 valence electrons. The standard InChI is InChI=1S/C16H15Cl2NO3/c17-13-7-4-8-14(15(13)18)22-10-12(20)9-19-16(21)11-5-2-1-3-6-11/h1-8,12,20H,9-10H2,(H,19,21)/t12-/m1/s1. The minimum atomic E-state index is -0.859. The molecule has 2 aromatic carbocycles. The van der Waals surface area contributed by atoms with E-state index in [1.807, 2.05) is 6.07 Å². The molecule has 0 aromatic heterocycles. The first-order chi connectivity index (χ1) is 10.6. The first-order valence-corrected chi connectivity index (χ1v) is 7.41. The van der Waals surface area contributed by atoms with Crippen LogP contribution < -0.4 is 10.1 Å². The van der Waals surface area contributed by atoms with Gasteiger partial charge < -0.3 is 15.2 Å². The van der Waals surface area contributed by atoms with Crippen LogP contribution in [0.25, 0.3) is 0 Å². The molecule has 0 saturated carbocycles. The van der Waals surface area contributed by atoms with Crippen LogP contribution in [0.1, 0.15) is 10.4 Å². The summed E-state index contributed by atoms with van der Waals surface area (Å²) < 4.78 is 5.40. The van der Waals surface area contributed by atoms with Crippen molar-refractivity contribution in [2.45, 2.75) is 6.10 Å². The van der Waals surface area contributed by atoms with Gasteiger partial charge in [-0.25, -0.2) is 0 Å². The number of nitrogens with one attached hydrogen (secondary N) is 1. The number of benzene rings is 2. The molecule has 2 aromatic rings. The van der Waals surface area contributed by atoms with Crippen molar-refractivity contribution in [2.24, 2.45) is 0 Å².